The van der Waals surface area contributed by atoms with E-state index in [9.17, 15) is 9.90 Å². The largest absolute Gasteiger partial charge is 0.478 e. The van der Waals surface area contributed by atoms with Crippen molar-refractivity contribution >= 4 is 5.97 Å². The van der Waals surface area contributed by atoms with E-state index in [1.165, 1.54) is 5.69 Å². The van der Waals surface area contributed by atoms with Crippen LogP contribution in [0.25, 0.3) is 0 Å². The number of hydrogen-bond acceptors (Lipinski definition) is 3. The molecule has 0 amide bonds. The molecule has 5 nitrogen and oxygen atoms in total. The molecule has 0 saturated carbocycles. The van der Waals surface area contributed by atoms with Gasteiger partial charge in [0, 0.05) is 25.3 Å². The van der Waals surface area contributed by atoms with Crippen molar-refractivity contribution < 1.29 is 9.90 Å². The van der Waals surface area contributed by atoms with E-state index >= 15 is 0 Å². The zero-order chi connectivity index (χ0) is 17.1. The van der Waals surface area contributed by atoms with Crippen LogP contribution >= 0.6 is 0 Å². The summed E-state index contributed by atoms with van der Waals surface area (Å²) in [5.74, 6) is -0.459. The number of nitrogens with zero attached hydrogens (tertiary/aromatic N) is 3. The Morgan fingerprint density at radius 1 is 1.42 bits per heavy atom. The molecule has 0 bridgehead atoms. The second kappa shape index (κ2) is 7.18. The summed E-state index contributed by atoms with van der Waals surface area (Å²) < 4.78 is 2.22. The van der Waals surface area contributed by atoms with Crippen molar-refractivity contribution in [3.8, 4) is 0 Å². The Morgan fingerprint density at radius 3 is 3.00 bits per heavy atom. The average Bonchev–Trinajstić information content (AvgIpc) is 3.03. The summed E-state index contributed by atoms with van der Waals surface area (Å²) in [5.41, 5.74) is 2.75. The van der Waals surface area contributed by atoms with Gasteiger partial charge in [-0.2, -0.15) is 0 Å². The lowest BCUT2D eigenvalue weighted by atomic mass is 9.89. The first-order valence-corrected chi connectivity index (χ1v) is 8.61. The van der Waals surface area contributed by atoms with Crippen LogP contribution in [0.4, 0.5) is 0 Å². The number of likely N-dealkylation sites (tertiary alicyclic amines) is 1. The fraction of sp³-hybridized carbons (Fsp3) is 0.474. The Labute approximate surface area is 142 Å². The molecule has 1 N–H and O–H groups in total. The van der Waals surface area contributed by atoms with Crippen LogP contribution in [0.5, 0.6) is 0 Å². The quantitative estimate of drug-likeness (QED) is 0.912. The topological polar surface area (TPSA) is 58.4 Å². The summed E-state index contributed by atoms with van der Waals surface area (Å²) in [6, 6.07) is 7.81. The number of aromatic nitrogens is 2. The van der Waals surface area contributed by atoms with Crippen molar-refractivity contribution in [2.45, 2.75) is 45.2 Å². The van der Waals surface area contributed by atoms with Crippen LogP contribution < -0.4 is 0 Å². The summed E-state index contributed by atoms with van der Waals surface area (Å²) in [6.07, 6.45) is 6.10. The van der Waals surface area contributed by atoms with Crippen molar-refractivity contribution in [2.75, 3.05) is 13.1 Å². The average molecular weight is 327 g/mol. The minimum absolute atomic E-state index is 0.377. The normalized spacial score (nSPS) is 18.9. The highest BCUT2D eigenvalue weighted by molar-refractivity contribution is 5.87. The molecule has 1 atom stereocenters. The van der Waals surface area contributed by atoms with Gasteiger partial charge in [-0.3, -0.25) is 4.90 Å². The lowest BCUT2D eigenvalue weighted by molar-refractivity contribution is 0.0696. The van der Waals surface area contributed by atoms with Gasteiger partial charge in [0.25, 0.3) is 0 Å². The Morgan fingerprint density at radius 2 is 2.25 bits per heavy atom. The van der Waals surface area contributed by atoms with Crippen LogP contribution in [-0.4, -0.2) is 38.6 Å². The maximum atomic E-state index is 11.2. The Balaban J connectivity index is 1.71. The molecule has 5 heteroatoms. The summed E-state index contributed by atoms with van der Waals surface area (Å²) >= 11 is 0. The molecule has 0 aliphatic carbocycles. The molecule has 0 unspecified atom stereocenters. The minimum atomic E-state index is -0.856. The summed E-state index contributed by atoms with van der Waals surface area (Å²) in [7, 11) is 0. The maximum Gasteiger partial charge on any atom is 0.335 e. The first-order valence-electron chi connectivity index (χ1n) is 8.61. The number of hydrogen-bond donors (Lipinski definition) is 1. The number of carbonyl (C=O) groups is 1. The summed E-state index contributed by atoms with van der Waals surface area (Å²) in [5, 5.41) is 9.19. The lowest BCUT2D eigenvalue weighted by Crippen LogP contribution is -2.34. The van der Waals surface area contributed by atoms with E-state index in [1.54, 1.807) is 6.07 Å². The Hall–Kier alpha value is -2.14. The van der Waals surface area contributed by atoms with Gasteiger partial charge in [0.15, 0.2) is 0 Å². The lowest BCUT2D eigenvalue weighted by Gasteiger charge is -2.33. The highest BCUT2D eigenvalue weighted by Gasteiger charge is 2.23. The molecule has 1 fully saturated rings. The molecule has 1 aliphatic rings. The van der Waals surface area contributed by atoms with Crippen molar-refractivity contribution in [1.82, 2.24) is 14.5 Å². The molecule has 1 aromatic carbocycles. The van der Waals surface area contributed by atoms with Crippen LogP contribution in [0, 0.1) is 0 Å². The SMILES string of the molecule is CC(C)n1cncc1CN1CCC[C@H](c2cccc(C(=O)O)c2)C1. The molecule has 1 aromatic heterocycles. The highest BCUT2D eigenvalue weighted by atomic mass is 16.4. The molecule has 3 rings (SSSR count). The molecule has 1 saturated heterocycles. The fourth-order valence-electron chi connectivity index (χ4n) is 3.55. The molecule has 0 spiro atoms. The van der Waals surface area contributed by atoms with E-state index in [4.69, 9.17) is 0 Å². The van der Waals surface area contributed by atoms with Gasteiger partial charge in [0.05, 0.1) is 17.6 Å². The van der Waals surface area contributed by atoms with Gasteiger partial charge in [-0.15, -0.1) is 0 Å². The first-order chi connectivity index (χ1) is 11.5. The highest BCUT2D eigenvalue weighted by Crippen LogP contribution is 2.28. The predicted octanol–water partition coefficient (Wildman–Crippen LogP) is 3.54. The number of piperidine rings is 1. The number of carboxylic acids is 1. The van der Waals surface area contributed by atoms with Crippen molar-refractivity contribution in [3.05, 3.63) is 53.6 Å². The van der Waals surface area contributed by atoms with Crippen molar-refractivity contribution in [2.24, 2.45) is 0 Å². The monoisotopic (exact) mass is 327 g/mol. The van der Waals surface area contributed by atoms with E-state index in [2.05, 4.69) is 34.4 Å². The first kappa shape index (κ1) is 16.7. The Bertz CT molecular complexity index is 708. The van der Waals surface area contributed by atoms with Crippen molar-refractivity contribution in [3.63, 3.8) is 0 Å². The molecular formula is C19H25N3O2. The van der Waals surface area contributed by atoms with Gasteiger partial charge in [-0.25, -0.2) is 9.78 Å². The van der Waals surface area contributed by atoms with E-state index < -0.39 is 5.97 Å². The van der Waals surface area contributed by atoms with Gasteiger partial charge in [-0.05, 0) is 56.8 Å². The number of rotatable bonds is 5. The standard InChI is InChI=1S/C19H25N3O2/c1-14(2)22-13-20-10-18(22)12-21-8-4-7-17(11-21)15-5-3-6-16(9-15)19(23)24/h3,5-6,9-10,13-14,17H,4,7-8,11-12H2,1-2H3,(H,23,24)/t17-/m0/s1. The number of carboxylic acid groups (broad SMARTS) is 1. The molecule has 1 aliphatic heterocycles. The number of benzene rings is 1. The van der Waals surface area contributed by atoms with E-state index in [1.807, 2.05) is 24.7 Å². The third-order valence-corrected chi connectivity index (χ3v) is 4.80. The van der Waals surface area contributed by atoms with Crippen LogP contribution in [0.15, 0.2) is 36.8 Å². The molecular weight excluding hydrogens is 302 g/mol. The van der Waals surface area contributed by atoms with E-state index in [0.717, 1.165) is 38.0 Å². The van der Waals surface area contributed by atoms with E-state index in [0.29, 0.717) is 17.5 Å². The maximum absolute atomic E-state index is 11.2. The Kier molecular flexibility index (Phi) is 5.00. The van der Waals surface area contributed by atoms with Gasteiger partial charge in [0.1, 0.15) is 0 Å². The smallest absolute Gasteiger partial charge is 0.335 e. The number of imidazole rings is 1. The zero-order valence-electron chi connectivity index (χ0n) is 14.4. The molecule has 0 radical (unpaired) electrons. The molecule has 24 heavy (non-hydrogen) atoms. The summed E-state index contributed by atoms with van der Waals surface area (Å²) in [4.78, 5) is 17.9. The van der Waals surface area contributed by atoms with Gasteiger partial charge in [0.2, 0.25) is 0 Å². The van der Waals surface area contributed by atoms with Crippen LogP contribution in [0.3, 0.4) is 0 Å². The third-order valence-electron chi connectivity index (χ3n) is 4.80. The van der Waals surface area contributed by atoms with Gasteiger partial charge < -0.3 is 9.67 Å². The van der Waals surface area contributed by atoms with Gasteiger partial charge >= 0.3 is 5.97 Å². The second-order valence-electron chi connectivity index (χ2n) is 6.89. The molecule has 2 heterocycles. The van der Waals surface area contributed by atoms with Crippen LogP contribution in [0.2, 0.25) is 0 Å². The van der Waals surface area contributed by atoms with Crippen molar-refractivity contribution in [1.29, 1.82) is 0 Å². The zero-order valence-corrected chi connectivity index (χ0v) is 14.4. The van der Waals surface area contributed by atoms with E-state index in [-0.39, 0.29) is 0 Å². The van der Waals surface area contributed by atoms with Crippen LogP contribution in [0.1, 0.15) is 60.3 Å². The van der Waals surface area contributed by atoms with Crippen LogP contribution in [-0.2, 0) is 6.54 Å². The summed E-state index contributed by atoms with van der Waals surface area (Å²) in [6.45, 7) is 7.28. The molecule has 2 aromatic rings. The van der Waals surface area contributed by atoms with Gasteiger partial charge in [-0.1, -0.05) is 12.1 Å². The third kappa shape index (κ3) is 3.67. The predicted molar refractivity (Wildman–Crippen MR) is 93.3 cm³/mol. The molecule has 128 valence electrons. The minimum Gasteiger partial charge on any atom is -0.478 e. The second-order valence-corrected chi connectivity index (χ2v) is 6.89. The fourth-order valence-corrected chi connectivity index (χ4v) is 3.55. The number of aromatic carboxylic acids is 1.